The second kappa shape index (κ2) is 9.92. The van der Waals surface area contributed by atoms with Crippen molar-refractivity contribution in [2.75, 3.05) is 12.3 Å². The van der Waals surface area contributed by atoms with Crippen molar-refractivity contribution in [2.24, 2.45) is 0 Å². The Hall–Kier alpha value is -2.23. The van der Waals surface area contributed by atoms with E-state index in [2.05, 4.69) is 59.9 Å². The molecule has 2 nitrogen and oxygen atoms in total. The molecule has 3 aromatic rings. The molecule has 0 aliphatic rings. The molecule has 1 N–H and O–H groups in total. The van der Waals surface area contributed by atoms with E-state index in [1.54, 1.807) is 0 Å². The summed E-state index contributed by atoms with van der Waals surface area (Å²) in [6.45, 7) is 2.48. The van der Waals surface area contributed by atoms with E-state index in [0.29, 0.717) is 6.61 Å². The SMILES string of the molecule is c1ccc(COc2ccc(CNCCSc3ccccc3)cc2)cc1. The standard InChI is InChI=1S/C22H23NOS/c1-3-7-20(8-4-1)18-24-21-13-11-19(12-14-21)17-23-15-16-25-22-9-5-2-6-10-22/h1-14,23H,15-18H2. The molecule has 0 aliphatic heterocycles. The number of hydrogen-bond acceptors (Lipinski definition) is 3. The second-order valence-electron chi connectivity index (χ2n) is 5.76. The minimum Gasteiger partial charge on any atom is -0.489 e. The van der Waals surface area contributed by atoms with Crippen molar-refractivity contribution < 1.29 is 4.74 Å². The normalized spacial score (nSPS) is 10.6. The van der Waals surface area contributed by atoms with Gasteiger partial charge >= 0.3 is 0 Å². The highest BCUT2D eigenvalue weighted by Crippen LogP contribution is 2.16. The van der Waals surface area contributed by atoms with Crippen LogP contribution in [-0.4, -0.2) is 12.3 Å². The number of thioether (sulfide) groups is 1. The van der Waals surface area contributed by atoms with Crippen molar-refractivity contribution in [1.29, 1.82) is 0 Å². The van der Waals surface area contributed by atoms with Gasteiger partial charge < -0.3 is 10.1 Å². The van der Waals surface area contributed by atoms with Gasteiger partial charge in [0.25, 0.3) is 0 Å². The van der Waals surface area contributed by atoms with E-state index in [9.17, 15) is 0 Å². The zero-order chi connectivity index (χ0) is 17.2. The average Bonchev–Trinajstić information content (AvgIpc) is 2.69. The molecule has 0 radical (unpaired) electrons. The van der Waals surface area contributed by atoms with Gasteiger partial charge in [0.05, 0.1) is 0 Å². The summed E-state index contributed by atoms with van der Waals surface area (Å²) in [4.78, 5) is 1.32. The zero-order valence-electron chi connectivity index (χ0n) is 14.2. The topological polar surface area (TPSA) is 21.3 Å². The highest BCUT2D eigenvalue weighted by Gasteiger charge is 1.98. The van der Waals surface area contributed by atoms with Gasteiger partial charge in [-0.05, 0) is 35.4 Å². The molecule has 0 aliphatic carbocycles. The summed E-state index contributed by atoms with van der Waals surface area (Å²) in [5, 5.41) is 3.49. The first-order valence-corrected chi connectivity index (χ1v) is 9.53. The van der Waals surface area contributed by atoms with Gasteiger partial charge in [0.15, 0.2) is 0 Å². The first-order valence-electron chi connectivity index (χ1n) is 8.54. The molecule has 0 saturated carbocycles. The molecular weight excluding hydrogens is 326 g/mol. The molecule has 3 aromatic carbocycles. The maximum Gasteiger partial charge on any atom is 0.119 e. The number of rotatable bonds is 9. The van der Waals surface area contributed by atoms with E-state index in [1.165, 1.54) is 16.0 Å². The monoisotopic (exact) mass is 349 g/mol. The zero-order valence-corrected chi connectivity index (χ0v) is 15.0. The van der Waals surface area contributed by atoms with Crippen LogP contribution in [0.2, 0.25) is 0 Å². The Balaban J connectivity index is 1.35. The van der Waals surface area contributed by atoms with Gasteiger partial charge in [-0.2, -0.15) is 0 Å². The minimum absolute atomic E-state index is 0.606. The molecule has 25 heavy (non-hydrogen) atoms. The van der Waals surface area contributed by atoms with Gasteiger partial charge in [-0.25, -0.2) is 0 Å². The molecule has 0 saturated heterocycles. The van der Waals surface area contributed by atoms with Crippen LogP contribution in [0.1, 0.15) is 11.1 Å². The van der Waals surface area contributed by atoms with Crippen molar-refractivity contribution in [3.8, 4) is 5.75 Å². The second-order valence-corrected chi connectivity index (χ2v) is 6.92. The Morgan fingerprint density at radius 3 is 2.12 bits per heavy atom. The molecule has 3 heteroatoms. The number of hydrogen-bond donors (Lipinski definition) is 1. The third-order valence-corrected chi connectivity index (χ3v) is 4.81. The van der Waals surface area contributed by atoms with E-state index in [0.717, 1.165) is 24.6 Å². The van der Waals surface area contributed by atoms with Crippen molar-refractivity contribution in [1.82, 2.24) is 5.32 Å². The lowest BCUT2D eigenvalue weighted by Gasteiger charge is -2.08. The quantitative estimate of drug-likeness (QED) is 0.426. The van der Waals surface area contributed by atoms with Crippen molar-refractivity contribution >= 4 is 11.8 Å². The van der Waals surface area contributed by atoms with Crippen LogP contribution in [0.15, 0.2) is 89.8 Å². The predicted molar refractivity (Wildman–Crippen MR) is 106 cm³/mol. The summed E-state index contributed by atoms with van der Waals surface area (Å²) in [6, 6.07) is 29.1. The summed E-state index contributed by atoms with van der Waals surface area (Å²) < 4.78 is 5.82. The van der Waals surface area contributed by atoms with Gasteiger partial charge in [-0.1, -0.05) is 60.7 Å². The van der Waals surface area contributed by atoms with Crippen LogP contribution >= 0.6 is 11.8 Å². The summed E-state index contributed by atoms with van der Waals surface area (Å²) in [7, 11) is 0. The van der Waals surface area contributed by atoms with Crippen molar-refractivity contribution in [3.63, 3.8) is 0 Å². The lowest BCUT2D eigenvalue weighted by Crippen LogP contribution is -2.16. The van der Waals surface area contributed by atoms with Crippen LogP contribution in [0, 0.1) is 0 Å². The van der Waals surface area contributed by atoms with Gasteiger partial charge in [-0.15, -0.1) is 11.8 Å². The highest BCUT2D eigenvalue weighted by molar-refractivity contribution is 7.99. The third-order valence-electron chi connectivity index (χ3n) is 3.79. The molecule has 0 unspecified atom stereocenters. The Bertz CT molecular complexity index is 729. The van der Waals surface area contributed by atoms with Crippen LogP contribution in [0.5, 0.6) is 5.75 Å². The third kappa shape index (κ3) is 6.29. The smallest absolute Gasteiger partial charge is 0.119 e. The summed E-state index contributed by atoms with van der Waals surface area (Å²) in [5.74, 6) is 1.98. The molecule has 0 spiro atoms. The van der Waals surface area contributed by atoms with Gasteiger partial charge in [0.2, 0.25) is 0 Å². The van der Waals surface area contributed by atoms with E-state index in [-0.39, 0.29) is 0 Å². The molecule has 128 valence electrons. The lowest BCUT2D eigenvalue weighted by atomic mass is 10.2. The fourth-order valence-electron chi connectivity index (χ4n) is 2.43. The molecular formula is C22H23NOS. The van der Waals surface area contributed by atoms with E-state index >= 15 is 0 Å². The van der Waals surface area contributed by atoms with E-state index < -0.39 is 0 Å². The fraction of sp³-hybridized carbons (Fsp3) is 0.182. The number of ether oxygens (including phenoxy) is 1. The summed E-state index contributed by atoms with van der Waals surface area (Å²) in [6.07, 6.45) is 0. The molecule has 0 amide bonds. The van der Waals surface area contributed by atoms with Crippen LogP contribution in [-0.2, 0) is 13.2 Å². The summed E-state index contributed by atoms with van der Waals surface area (Å²) in [5.41, 5.74) is 2.46. The molecule has 0 bridgehead atoms. The first-order chi connectivity index (χ1) is 12.4. The number of benzene rings is 3. The molecule has 0 heterocycles. The average molecular weight is 349 g/mol. The van der Waals surface area contributed by atoms with Gasteiger partial charge in [0, 0.05) is 23.7 Å². The summed E-state index contributed by atoms with van der Waals surface area (Å²) >= 11 is 1.88. The largest absolute Gasteiger partial charge is 0.489 e. The van der Waals surface area contributed by atoms with Gasteiger partial charge in [-0.3, -0.25) is 0 Å². The minimum atomic E-state index is 0.606. The molecule has 3 rings (SSSR count). The van der Waals surface area contributed by atoms with Crippen LogP contribution in [0.25, 0.3) is 0 Å². The molecule has 0 atom stereocenters. The highest BCUT2D eigenvalue weighted by atomic mass is 32.2. The Morgan fingerprint density at radius 1 is 0.720 bits per heavy atom. The van der Waals surface area contributed by atoms with Crippen LogP contribution in [0.4, 0.5) is 0 Å². The van der Waals surface area contributed by atoms with Crippen molar-refractivity contribution in [3.05, 3.63) is 96.1 Å². The van der Waals surface area contributed by atoms with Crippen LogP contribution < -0.4 is 10.1 Å². The Kier molecular flexibility index (Phi) is 6.98. The molecule has 0 fully saturated rings. The lowest BCUT2D eigenvalue weighted by molar-refractivity contribution is 0.306. The predicted octanol–water partition coefficient (Wildman–Crippen LogP) is 5.15. The first kappa shape index (κ1) is 17.6. The Labute approximate surface area is 154 Å². The van der Waals surface area contributed by atoms with E-state index in [1.807, 2.05) is 42.1 Å². The number of nitrogens with one attached hydrogen (secondary N) is 1. The van der Waals surface area contributed by atoms with E-state index in [4.69, 9.17) is 4.74 Å². The van der Waals surface area contributed by atoms with Crippen LogP contribution in [0.3, 0.4) is 0 Å². The van der Waals surface area contributed by atoms with Crippen molar-refractivity contribution in [2.45, 2.75) is 18.0 Å². The maximum atomic E-state index is 5.82. The van der Waals surface area contributed by atoms with Gasteiger partial charge in [0.1, 0.15) is 12.4 Å². The fourth-order valence-corrected chi connectivity index (χ4v) is 3.27. The maximum absolute atomic E-state index is 5.82. The Morgan fingerprint density at radius 2 is 1.40 bits per heavy atom. The molecule has 0 aromatic heterocycles.